The SMILES string of the molecule is CCOc1cc(C(C)N2CCc3c(cc(CCN(C)CCO)cc3-c3cc(F)cnc3C(F)(F)F)C2=O)ncc1C#N. The summed E-state index contributed by atoms with van der Waals surface area (Å²) in [7, 11) is 1.80. The lowest BCUT2D eigenvalue weighted by molar-refractivity contribution is -0.140. The van der Waals surface area contributed by atoms with Gasteiger partial charge in [0.05, 0.1) is 31.1 Å². The van der Waals surface area contributed by atoms with Gasteiger partial charge in [-0.25, -0.2) is 9.37 Å². The molecule has 0 saturated heterocycles. The van der Waals surface area contributed by atoms with Crippen LogP contribution in [0.15, 0.2) is 36.7 Å². The van der Waals surface area contributed by atoms with Crippen LogP contribution in [-0.4, -0.2) is 70.7 Å². The lowest BCUT2D eigenvalue weighted by Crippen LogP contribution is -2.40. The zero-order valence-corrected chi connectivity index (χ0v) is 23.5. The first-order chi connectivity index (χ1) is 20.0. The number of alkyl halides is 3. The molecule has 42 heavy (non-hydrogen) atoms. The minimum absolute atomic E-state index is 0.0600. The summed E-state index contributed by atoms with van der Waals surface area (Å²) in [6, 6.07) is 7.15. The quantitative estimate of drug-likeness (QED) is 0.341. The fourth-order valence-electron chi connectivity index (χ4n) is 5.11. The molecule has 0 fully saturated rings. The Morgan fingerprint density at radius 3 is 2.55 bits per heavy atom. The normalized spacial score (nSPS) is 14.1. The van der Waals surface area contributed by atoms with Gasteiger partial charge < -0.3 is 19.6 Å². The Morgan fingerprint density at radius 2 is 1.88 bits per heavy atom. The second-order valence-electron chi connectivity index (χ2n) is 10.1. The molecule has 8 nitrogen and oxygen atoms in total. The van der Waals surface area contributed by atoms with Gasteiger partial charge in [0.25, 0.3) is 5.91 Å². The van der Waals surface area contributed by atoms with Crippen LogP contribution in [0.25, 0.3) is 11.1 Å². The molecule has 0 bridgehead atoms. The van der Waals surface area contributed by atoms with Gasteiger partial charge in [-0.2, -0.15) is 18.4 Å². The molecule has 12 heteroatoms. The van der Waals surface area contributed by atoms with E-state index >= 15 is 0 Å². The number of nitrogens with zero attached hydrogens (tertiary/aromatic N) is 5. The van der Waals surface area contributed by atoms with E-state index in [0.29, 0.717) is 54.9 Å². The highest BCUT2D eigenvalue weighted by Crippen LogP contribution is 2.40. The van der Waals surface area contributed by atoms with Gasteiger partial charge in [0, 0.05) is 43.0 Å². The van der Waals surface area contributed by atoms with Gasteiger partial charge in [-0.15, -0.1) is 0 Å². The zero-order valence-electron chi connectivity index (χ0n) is 23.5. The van der Waals surface area contributed by atoms with Crippen molar-refractivity contribution in [2.24, 2.45) is 0 Å². The van der Waals surface area contributed by atoms with Crippen molar-refractivity contribution >= 4 is 5.91 Å². The van der Waals surface area contributed by atoms with Gasteiger partial charge in [-0.05, 0) is 62.6 Å². The van der Waals surface area contributed by atoms with E-state index in [2.05, 4.69) is 9.97 Å². The molecule has 2 aromatic heterocycles. The number of aliphatic hydroxyl groups excluding tert-OH is 1. The molecule has 1 aromatic carbocycles. The Morgan fingerprint density at radius 1 is 1.14 bits per heavy atom. The Bertz CT molecular complexity index is 1510. The molecule has 3 aromatic rings. The summed E-state index contributed by atoms with van der Waals surface area (Å²) in [6.07, 6.45) is -2.34. The van der Waals surface area contributed by atoms with E-state index in [9.17, 15) is 32.7 Å². The molecule has 1 atom stereocenters. The minimum atomic E-state index is -4.84. The average Bonchev–Trinajstić information content (AvgIpc) is 2.95. The van der Waals surface area contributed by atoms with Gasteiger partial charge in [-0.3, -0.25) is 9.78 Å². The van der Waals surface area contributed by atoms with E-state index in [0.717, 1.165) is 6.07 Å². The highest BCUT2D eigenvalue weighted by molar-refractivity contribution is 5.99. The van der Waals surface area contributed by atoms with Crippen molar-refractivity contribution in [1.82, 2.24) is 19.8 Å². The number of ether oxygens (including phenoxy) is 1. The number of aromatic nitrogens is 2. The maximum absolute atomic E-state index is 14.3. The molecule has 0 spiro atoms. The van der Waals surface area contributed by atoms with E-state index in [-0.39, 0.29) is 36.3 Å². The average molecular weight is 586 g/mol. The number of hydrogen-bond acceptors (Lipinski definition) is 7. The minimum Gasteiger partial charge on any atom is -0.492 e. The summed E-state index contributed by atoms with van der Waals surface area (Å²) < 4.78 is 61.8. The summed E-state index contributed by atoms with van der Waals surface area (Å²) in [5.74, 6) is -0.983. The van der Waals surface area contributed by atoms with Crippen molar-refractivity contribution < 1.29 is 32.2 Å². The third-order valence-corrected chi connectivity index (χ3v) is 7.28. The first-order valence-electron chi connectivity index (χ1n) is 13.5. The Balaban J connectivity index is 1.80. The van der Waals surface area contributed by atoms with Gasteiger partial charge in [0.1, 0.15) is 23.2 Å². The van der Waals surface area contributed by atoms with E-state index in [1.807, 2.05) is 11.0 Å². The number of carbonyl (C=O) groups excluding carboxylic acids is 1. The monoisotopic (exact) mass is 585 g/mol. The van der Waals surface area contributed by atoms with Crippen molar-refractivity contribution in [3.05, 3.63) is 76.1 Å². The first-order valence-corrected chi connectivity index (χ1v) is 13.5. The van der Waals surface area contributed by atoms with Gasteiger partial charge in [0.2, 0.25) is 0 Å². The summed E-state index contributed by atoms with van der Waals surface area (Å²) in [4.78, 5) is 25.1. The fraction of sp³-hybridized carbons (Fsp3) is 0.400. The molecule has 0 aliphatic carbocycles. The van der Waals surface area contributed by atoms with Crippen LogP contribution in [0.4, 0.5) is 17.6 Å². The van der Waals surface area contributed by atoms with Crippen LogP contribution in [0.2, 0.25) is 0 Å². The Labute approximate surface area is 241 Å². The van der Waals surface area contributed by atoms with E-state index < -0.39 is 35.2 Å². The van der Waals surface area contributed by atoms with Crippen LogP contribution in [0.1, 0.15) is 58.3 Å². The number of nitriles is 1. The van der Waals surface area contributed by atoms with Crippen LogP contribution in [0.3, 0.4) is 0 Å². The lowest BCUT2D eigenvalue weighted by atomic mass is 9.86. The molecule has 0 radical (unpaired) electrons. The first kappa shape index (κ1) is 30.9. The molecular weight excluding hydrogens is 554 g/mol. The lowest BCUT2D eigenvalue weighted by Gasteiger charge is -2.35. The largest absolute Gasteiger partial charge is 0.492 e. The van der Waals surface area contributed by atoms with Crippen LogP contribution < -0.4 is 4.74 Å². The van der Waals surface area contributed by atoms with Crippen molar-refractivity contribution in [2.45, 2.75) is 38.9 Å². The van der Waals surface area contributed by atoms with Crippen LogP contribution >= 0.6 is 0 Å². The van der Waals surface area contributed by atoms with Gasteiger partial charge in [0.15, 0.2) is 5.69 Å². The molecule has 4 rings (SSSR count). The summed E-state index contributed by atoms with van der Waals surface area (Å²) >= 11 is 0. The van der Waals surface area contributed by atoms with Crippen LogP contribution in [-0.2, 0) is 19.0 Å². The zero-order chi connectivity index (χ0) is 30.6. The second-order valence-corrected chi connectivity index (χ2v) is 10.1. The fourth-order valence-corrected chi connectivity index (χ4v) is 5.11. The number of fused-ring (bicyclic) bond motifs is 1. The summed E-state index contributed by atoms with van der Waals surface area (Å²) in [5.41, 5.74) is 0.407. The van der Waals surface area contributed by atoms with Crippen molar-refractivity contribution in [1.29, 1.82) is 5.26 Å². The predicted molar refractivity (Wildman–Crippen MR) is 146 cm³/mol. The number of carbonyl (C=O) groups is 1. The van der Waals surface area contributed by atoms with Crippen LogP contribution in [0.5, 0.6) is 5.75 Å². The summed E-state index contributed by atoms with van der Waals surface area (Å²) in [5, 5.41) is 18.6. The summed E-state index contributed by atoms with van der Waals surface area (Å²) in [6.45, 7) is 4.87. The van der Waals surface area contributed by atoms with E-state index in [4.69, 9.17) is 4.74 Å². The Hall–Kier alpha value is -4.08. The topological polar surface area (TPSA) is 103 Å². The molecule has 0 saturated carbocycles. The third kappa shape index (κ3) is 6.53. The number of amides is 1. The van der Waals surface area contributed by atoms with E-state index in [1.165, 1.54) is 6.20 Å². The molecule has 1 aliphatic rings. The molecule has 1 unspecified atom stereocenters. The predicted octanol–water partition coefficient (Wildman–Crippen LogP) is 4.80. The molecular formula is C30H31F4N5O3. The van der Waals surface area contributed by atoms with Crippen molar-refractivity contribution in [3.8, 4) is 22.9 Å². The number of likely N-dealkylation sites (N-methyl/N-ethyl adjacent to an activating group) is 1. The smallest absolute Gasteiger partial charge is 0.433 e. The van der Waals surface area contributed by atoms with E-state index in [1.54, 1.807) is 44.0 Å². The molecule has 1 N–H and O–H groups in total. The number of rotatable bonds is 10. The highest BCUT2D eigenvalue weighted by atomic mass is 19.4. The van der Waals surface area contributed by atoms with Crippen molar-refractivity contribution in [2.75, 3.05) is 39.9 Å². The number of pyridine rings is 2. The number of hydrogen-bond donors (Lipinski definition) is 1. The second kappa shape index (κ2) is 12.8. The van der Waals surface area contributed by atoms with Gasteiger partial charge in [-0.1, -0.05) is 6.07 Å². The molecule has 1 aliphatic heterocycles. The third-order valence-electron chi connectivity index (χ3n) is 7.28. The number of benzene rings is 1. The standard InChI is InChI=1S/C30H31F4N5O3/c1-4-42-27-14-26(36-16-20(27)15-35)18(2)39-8-6-22-23(24-13-21(31)17-37-28(24)30(32,33)34)11-19(12-25(22)29(39)41)5-7-38(3)9-10-40/h11-14,16-18,40H,4-10H2,1-3H3. The molecule has 222 valence electrons. The number of aliphatic hydroxyl groups is 1. The van der Waals surface area contributed by atoms with Gasteiger partial charge >= 0.3 is 6.18 Å². The highest BCUT2D eigenvalue weighted by Gasteiger charge is 2.38. The van der Waals surface area contributed by atoms with Crippen molar-refractivity contribution in [3.63, 3.8) is 0 Å². The Kier molecular flexibility index (Phi) is 9.43. The maximum atomic E-state index is 14.3. The number of halogens is 4. The molecule has 3 heterocycles. The maximum Gasteiger partial charge on any atom is 0.433 e. The van der Waals surface area contributed by atoms with Crippen LogP contribution in [0, 0.1) is 17.1 Å². The molecule has 1 amide bonds.